The number of amides is 1. The molecule has 2 aliphatic carbocycles. The molecule has 9 heteroatoms. The van der Waals surface area contributed by atoms with Gasteiger partial charge in [-0.2, -0.15) is 0 Å². The van der Waals surface area contributed by atoms with Gasteiger partial charge >= 0.3 is 0 Å². The average molecular weight is 430 g/mol. The number of thiazole rings is 1. The fourth-order valence-electron chi connectivity index (χ4n) is 3.17. The van der Waals surface area contributed by atoms with Crippen molar-refractivity contribution in [1.82, 2.24) is 19.7 Å². The maximum absolute atomic E-state index is 13.1. The molecule has 0 bridgehead atoms. The summed E-state index contributed by atoms with van der Waals surface area (Å²) in [5.74, 6) is 1.23. The molecule has 0 unspecified atom stereocenters. The number of thioether (sulfide) groups is 1. The molecular weight excluding hydrogens is 409 g/mol. The smallest absolute Gasteiger partial charge is 0.239 e. The highest BCUT2D eigenvalue weighted by molar-refractivity contribution is 8.00. The second kappa shape index (κ2) is 7.53. The molecule has 5 rings (SSSR count). The first kappa shape index (κ1) is 18.7. The van der Waals surface area contributed by atoms with Crippen molar-refractivity contribution in [2.45, 2.75) is 55.0 Å². The molecule has 2 aliphatic rings. The van der Waals surface area contributed by atoms with Crippen LogP contribution in [0.2, 0.25) is 0 Å². The van der Waals surface area contributed by atoms with Crippen LogP contribution in [0.4, 0.5) is 9.52 Å². The number of nitrogens with zero attached hydrogens (tertiary/aromatic N) is 4. The fraction of sp³-hybridized carbons (Fsp3) is 0.400. The van der Waals surface area contributed by atoms with E-state index in [1.165, 1.54) is 48.1 Å². The summed E-state index contributed by atoms with van der Waals surface area (Å²) in [6.07, 6.45) is 4.70. The SMILES string of the molecule is C[C@@H](Sc1nnc(C2CC2)n1C1CC1)C(=O)Nc1nc(-c2ccc(F)cc2)cs1. The van der Waals surface area contributed by atoms with Crippen LogP contribution in [0.15, 0.2) is 34.8 Å². The van der Waals surface area contributed by atoms with Crippen LogP contribution in [-0.4, -0.2) is 30.9 Å². The van der Waals surface area contributed by atoms with Gasteiger partial charge in [0, 0.05) is 22.9 Å². The molecule has 2 fully saturated rings. The fourth-order valence-corrected chi connectivity index (χ4v) is 4.82. The monoisotopic (exact) mass is 429 g/mol. The lowest BCUT2D eigenvalue weighted by molar-refractivity contribution is -0.115. The van der Waals surface area contributed by atoms with Crippen LogP contribution in [0, 0.1) is 5.82 Å². The molecule has 0 spiro atoms. The van der Waals surface area contributed by atoms with Crippen LogP contribution >= 0.6 is 23.1 Å². The first-order valence-electron chi connectivity index (χ1n) is 9.72. The highest BCUT2D eigenvalue weighted by Crippen LogP contribution is 2.46. The van der Waals surface area contributed by atoms with E-state index in [9.17, 15) is 9.18 Å². The number of anilines is 1. The van der Waals surface area contributed by atoms with Gasteiger partial charge in [-0.1, -0.05) is 11.8 Å². The normalized spacial score (nSPS) is 17.3. The van der Waals surface area contributed by atoms with Gasteiger partial charge in [-0.3, -0.25) is 4.79 Å². The van der Waals surface area contributed by atoms with Crippen molar-refractivity contribution in [2.24, 2.45) is 0 Å². The van der Waals surface area contributed by atoms with E-state index in [0.29, 0.717) is 22.8 Å². The Balaban J connectivity index is 1.25. The predicted octanol–water partition coefficient (Wildman–Crippen LogP) is 4.87. The van der Waals surface area contributed by atoms with Crippen molar-refractivity contribution in [3.63, 3.8) is 0 Å². The lowest BCUT2D eigenvalue weighted by Gasteiger charge is -2.12. The van der Waals surface area contributed by atoms with Gasteiger partial charge in [-0.15, -0.1) is 21.5 Å². The highest BCUT2D eigenvalue weighted by Gasteiger charge is 2.37. The van der Waals surface area contributed by atoms with Gasteiger partial charge in [0.15, 0.2) is 10.3 Å². The summed E-state index contributed by atoms with van der Waals surface area (Å²) in [5.41, 5.74) is 1.53. The van der Waals surface area contributed by atoms with Gasteiger partial charge in [0.1, 0.15) is 11.6 Å². The molecule has 29 heavy (non-hydrogen) atoms. The van der Waals surface area contributed by atoms with E-state index in [0.717, 1.165) is 29.4 Å². The van der Waals surface area contributed by atoms with E-state index >= 15 is 0 Å². The standard InChI is InChI=1S/C20H20FN5OS2/c1-11(29-20-25-24-17(13-2-3-13)26(20)15-8-9-15)18(27)23-19-22-16(10-28-19)12-4-6-14(21)7-5-12/h4-7,10-11,13,15H,2-3,8-9H2,1H3,(H,22,23,27)/t11-/m1/s1. The zero-order valence-electron chi connectivity index (χ0n) is 15.8. The van der Waals surface area contributed by atoms with Gasteiger partial charge in [-0.05, 0) is 56.9 Å². The van der Waals surface area contributed by atoms with Crippen LogP contribution in [0.3, 0.4) is 0 Å². The molecule has 6 nitrogen and oxygen atoms in total. The molecule has 1 atom stereocenters. The Kier molecular flexibility index (Phi) is 4.87. The number of hydrogen-bond donors (Lipinski definition) is 1. The van der Waals surface area contributed by atoms with Gasteiger partial charge in [0.05, 0.1) is 10.9 Å². The van der Waals surface area contributed by atoms with E-state index in [1.54, 1.807) is 12.1 Å². The first-order valence-corrected chi connectivity index (χ1v) is 11.5. The highest BCUT2D eigenvalue weighted by atomic mass is 32.2. The maximum atomic E-state index is 13.1. The van der Waals surface area contributed by atoms with Crippen molar-refractivity contribution < 1.29 is 9.18 Å². The summed E-state index contributed by atoms with van der Waals surface area (Å²) >= 11 is 2.80. The lowest BCUT2D eigenvalue weighted by atomic mass is 10.2. The number of aromatic nitrogens is 4. The Morgan fingerprint density at radius 3 is 2.69 bits per heavy atom. The Morgan fingerprint density at radius 2 is 2.00 bits per heavy atom. The molecular formula is C20H20FN5OS2. The lowest BCUT2D eigenvalue weighted by Crippen LogP contribution is -2.23. The van der Waals surface area contributed by atoms with Crippen LogP contribution < -0.4 is 5.32 Å². The predicted molar refractivity (Wildman–Crippen MR) is 112 cm³/mol. The minimum absolute atomic E-state index is 0.117. The van der Waals surface area contributed by atoms with Gasteiger partial charge in [0.2, 0.25) is 5.91 Å². The van der Waals surface area contributed by atoms with Crippen molar-refractivity contribution >= 4 is 34.1 Å². The van der Waals surface area contributed by atoms with Crippen LogP contribution in [0.25, 0.3) is 11.3 Å². The molecule has 2 saturated carbocycles. The van der Waals surface area contributed by atoms with Crippen molar-refractivity contribution in [1.29, 1.82) is 0 Å². The molecule has 1 N–H and O–H groups in total. The van der Waals surface area contributed by atoms with E-state index in [-0.39, 0.29) is 17.0 Å². The summed E-state index contributed by atoms with van der Waals surface area (Å²) in [6.45, 7) is 1.87. The van der Waals surface area contributed by atoms with Crippen LogP contribution in [-0.2, 0) is 4.79 Å². The molecule has 150 valence electrons. The minimum Gasteiger partial charge on any atom is -0.303 e. The third kappa shape index (κ3) is 4.06. The number of carbonyl (C=O) groups is 1. The summed E-state index contributed by atoms with van der Waals surface area (Å²) in [7, 11) is 0. The average Bonchev–Trinajstić information content (AvgIpc) is 3.64. The number of carbonyl (C=O) groups excluding carboxylic acids is 1. The van der Waals surface area contributed by atoms with E-state index in [2.05, 4.69) is 25.1 Å². The number of benzene rings is 1. The zero-order chi connectivity index (χ0) is 20.0. The molecule has 2 heterocycles. The third-order valence-corrected chi connectivity index (χ3v) is 6.89. The van der Waals surface area contributed by atoms with Gasteiger partial charge in [0.25, 0.3) is 0 Å². The number of hydrogen-bond acceptors (Lipinski definition) is 6. The Morgan fingerprint density at radius 1 is 1.24 bits per heavy atom. The molecule has 0 radical (unpaired) electrons. The number of nitrogens with one attached hydrogen (secondary N) is 1. The zero-order valence-corrected chi connectivity index (χ0v) is 17.5. The Hall–Kier alpha value is -2.26. The van der Waals surface area contributed by atoms with E-state index in [4.69, 9.17) is 0 Å². The van der Waals surface area contributed by atoms with E-state index < -0.39 is 0 Å². The first-order chi connectivity index (χ1) is 14.1. The van der Waals surface area contributed by atoms with E-state index in [1.807, 2.05) is 12.3 Å². The Bertz CT molecular complexity index is 1040. The summed E-state index contributed by atoms with van der Waals surface area (Å²) < 4.78 is 15.3. The minimum atomic E-state index is -0.318. The number of halogens is 1. The third-order valence-electron chi connectivity index (χ3n) is 5.07. The maximum Gasteiger partial charge on any atom is 0.239 e. The van der Waals surface area contributed by atoms with Crippen molar-refractivity contribution in [3.8, 4) is 11.3 Å². The second-order valence-corrected chi connectivity index (χ2v) is 9.68. The summed E-state index contributed by atoms with van der Waals surface area (Å²) in [4.78, 5) is 17.1. The topological polar surface area (TPSA) is 72.7 Å². The summed E-state index contributed by atoms with van der Waals surface area (Å²) in [5, 5.41) is 14.6. The molecule has 2 aromatic heterocycles. The van der Waals surface area contributed by atoms with Crippen LogP contribution in [0.5, 0.6) is 0 Å². The largest absolute Gasteiger partial charge is 0.303 e. The van der Waals surface area contributed by atoms with Crippen LogP contribution in [0.1, 0.15) is 50.4 Å². The summed E-state index contributed by atoms with van der Waals surface area (Å²) in [6, 6.07) is 6.65. The number of rotatable bonds is 7. The van der Waals surface area contributed by atoms with Crippen molar-refractivity contribution in [3.05, 3.63) is 41.3 Å². The molecule has 1 amide bonds. The molecule has 0 aliphatic heterocycles. The molecule has 1 aromatic carbocycles. The van der Waals surface area contributed by atoms with Gasteiger partial charge in [-0.25, -0.2) is 9.37 Å². The Labute approximate surface area is 176 Å². The van der Waals surface area contributed by atoms with Gasteiger partial charge < -0.3 is 9.88 Å². The molecule has 0 saturated heterocycles. The van der Waals surface area contributed by atoms with Crippen molar-refractivity contribution in [2.75, 3.05) is 5.32 Å². The quantitative estimate of drug-likeness (QED) is 0.542. The molecule has 3 aromatic rings. The second-order valence-electron chi connectivity index (χ2n) is 7.51.